The third kappa shape index (κ3) is 7.11. The van der Waals surface area contributed by atoms with Gasteiger partial charge in [0, 0.05) is 38.8 Å². The van der Waals surface area contributed by atoms with Crippen LogP contribution in [0.1, 0.15) is 51.1 Å². The molecule has 2 saturated heterocycles. The quantitative estimate of drug-likeness (QED) is 0.466. The van der Waals surface area contributed by atoms with Gasteiger partial charge in [-0.25, -0.2) is 0 Å². The van der Waals surface area contributed by atoms with Gasteiger partial charge in [-0.05, 0) is 63.2 Å². The molecule has 6 nitrogen and oxygen atoms in total. The predicted molar refractivity (Wildman–Crippen MR) is 130 cm³/mol. The van der Waals surface area contributed by atoms with E-state index < -0.39 is 0 Å². The normalized spacial score (nSPS) is 22.0. The van der Waals surface area contributed by atoms with Crippen LogP contribution in [0.2, 0.25) is 0 Å². The highest BCUT2D eigenvalue weighted by molar-refractivity contribution is 5.79. The molecule has 2 fully saturated rings. The number of methoxy groups -OCH3 is 1. The Kier molecular flexibility index (Phi) is 9.47. The van der Waals surface area contributed by atoms with Gasteiger partial charge in [0.15, 0.2) is 5.96 Å². The van der Waals surface area contributed by atoms with E-state index in [4.69, 9.17) is 4.74 Å². The number of guanidine groups is 1. The fourth-order valence-corrected chi connectivity index (χ4v) is 5.09. The van der Waals surface area contributed by atoms with Gasteiger partial charge >= 0.3 is 0 Å². The Bertz CT molecular complexity index is 686. The lowest BCUT2D eigenvalue weighted by molar-refractivity contribution is 0.159. The van der Waals surface area contributed by atoms with Gasteiger partial charge in [-0.2, -0.15) is 0 Å². The van der Waals surface area contributed by atoms with Crippen molar-refractivity contribution in [1.82, 2.24) is 20.4 Å². The van der Waals surface area contributed by atoms with Crippen molar-refractivity contribution >= 4 is 5.96 Å². The van der Waals surface area contributed by atoms with Crippen molar-refractivity contribution in [3.8, 4) is 5.75 Å². The number of piperidine rings is 1. The second kappa shape index (κ2) is 12.3. The van der Waals surface area contributed by atoms with Crippen LogP contribution in [0.3, 0.4) is 0 Å². The molecule has 0 bridgehead atoms. The summed E-state index contributed by atoms with van der Waals surface area (Å²) in [5, 5.41) is 7.21. The Morgan fingerprint density at radius 2 is 1.90 bits per heavy atom. The molecule has 2 heterocycles. The molecule has 31 heavy (non-hydrogen) atoms. The van der Waals surface area contributed by atoms with Gasteiger partial charge in [0.1, 0.15) is 5.75 Å². The van der Waals surface area contributed by atoms with E-state index in [1.807, 2.05) is 13.1 Å². The first-order valence-corrected chi connectivity index (χ1v) is 12.1. The number of ether oxygens (including phenoxy) is 1. The van der Waals surface area contributed by atoms with E-state index in [1.54, 1.807) is 7.11 Å². The van der Waals surface area contributed by atoms with Gasteiger partial charge in [0.25, 0.3) is 0 Å². The number of aliphatic imine (C=N–C) groups is 1. The first-order chi connectivity index (χ1) is 15.1. The zero-order valence-corrected chi connectivity index (χ0v) is 20.1. The second-order valence-electron chi connectivity index (χ2n) is 9.50. The molecular formula is C25H43N5O. The summed E-state index contributed by atoms with van der Waals surface area (Å²) in [4.78, 5) is 9.70. The van der Waals surface area contributed by atoms with Crippen LogP contribution in [0.4, 0.5) is 0 Å². The van der Waals surface area contributed by atoms with Crippen molar-refractivity contribution in [3.05, 3.63) is 29.8 Å². The molecule has 0 saturated carbocycles. The van der Waals surface area contributed by atoms with Crippen molar-refractivity contribution in [2.75, 3.05) is 60.0 Å². The van der Waals surface area contributed by atoms with E-state index in [2.05, 4.69) is 57.5 Å². The summed E-state index contributed by atoms with van der Waals surface area (Å²) in [6.07, 6.45) is 5.15. The number of hydrogen-bond acceptors (Lipinski definition) is 4. The molecule has 0 spiro atoms. The van der Waals surface area contributed by atoms with E-state index in [9.17, 15) is 0 Å². The number of benzene rings is 1. The topological polar surface area (TPSA) is 52.1 Å². The van der Waals surface area contributed by atoms with Crippen molar-refractivity contribution < 1.29 is 4.74 Å². The first-order valence-electron chi connectivity index (χ1n) is 12.1. The predicted octanol–water partition coefficient (Wildman–Crippen LogP) is 3.37. The molecule has 174 valence electrons. The Labute approximate surface area is 189 Å². The lowest BCUT2D eigenvalue weighted by Gasteiger charge is -2.34. The summed E-state index contributed by atoms with van der Waals surface area (Å²) >= 11 is 0. The molecule has 0 radical (unpaired) electrons. The zero-order valence-electron chi connectivity index (χ0n) is 20.1. The molecule has 2 unspecified atom stereocenters. The number of para-hydroxylation sites is 1. The summed E-state index contributed by atoms with van der Waals surface area (Å²) in [7, 11) is 3.63. The number of rotatable bonds is 9. The minimum absolute atomic E-state index is 0.286. The third-order valence-corrected chi connectivity index (χ3v) is 6.55. The number of likely N-dealkylation sites (tertiary alicyclic amines) is 2. The minimum Gasteiger partial charge on any atom is -0.496 e. The van der Waals surface area contributed by atoms with Crippen molar-refractivity contribution in [2.24, 2.45) is 16.8 Å². The SMILES string of the molecule is CN=C(NCC1CCCN(CC(C)C)C1)NCC(c1ccccc1OC)N1CCCC1. The van der Waals surface area contributed by atoms with Crippen LogP contribution in [0.25, 0.3) is 0 Å². The highest BCUT2D eigenvalue weighted by atomic mass is 16.5. The van der Waals surface area contributed by atoms with Crippen LogP contribution in [-0.4, -0.2) is 75.7 Å². The maximum atomic E-state index is 5.68. The Hall–Kier alpha value is -1.79. The Balaban J connectivity index is 1.56. The van der Waals surface area contributed by atoms with E-state index in [0.29, 0.717) is 5.92 Å². The minimum atomic E-state index is 0.286. The molecular weight excluding hydrogens is 386 g/mol. The molecule has 2 atom stereocenters. The summed E-state index contributed by atoms with van der Waals surface area (Å²) in [6, 6.07) is 8.71. The smallest absolute Gasteiger partial charge is 0.191 e. The average Bonchev–Trinajstić information content (AvgIpc) is 3.30. The lowest BCUT2D eigenvalue weighted by Crippen LogP contribution is -2.46. The second-order valence-corrected chi connectivity index (χ2v) is 9.50. The van der Waals surface area contributed by atoms with Crippen LogP contribution in [0.5, 0.6) is 5.75 Å². The number of nitrogens with zero attached hydrogens (tertiary/aromatic N) is 3. The molecule has 3 rings (SSSR count). The van der Waals surface area contributed by atoms with Gasteiger partial charge in [0.05, 0.1) is 13.2 Å². The standard InChI is InChI=1S/C25H43N5O/c1-20(2)18-29-13-9-10-21(19-29)16-27-25(26-3)28-17-23(30-14-7-8-15-30)22-11-5-6-12-24(22)31-4/h5-6,11-12,20-21,23H,7-10,13-19H2,1-4H3,(H2,26,27,28). The zero-order chi connectivity index (χ0) is 22.1. The maximum Gasteiger partial charge on any atom is 0.191 e. The molecule has 0 aromatic heterocycles. The van der Waals surface area contributed by atoms with E-state index in [0.717, 1.165) is 43.8 Å². The van der Waals surface area contributed by atoms with Crippen LogP contribution >= 0.6 is 0 Å². The van der Waals surface area contributed by atoms with Gasteiger partial charge in [0.2, 0.25) is 0 Å². The number of nitrogens with one attached hydrogen (secondary N) is 2. The highest BCUT2D eigenvalue weighted by Crippen LogP contribution is 2.31. The van der Waals surface area contributed by atoms with E-state index in [-0.39, 0.29) is 6.04 Å². The summed E-state index contributed by atoms with van der Waals surface area (Å²) in [6.45, 7) is 12.4. The van der Waals surface area contributed by atoms with Gasteiger partial charge in [-0.3, -0.25) is 9.89 Å². The summed E-state index contributed by atoms with van der Waals surface area (Å²) in [5.74, 6) is 3.30. The largest absolute Gasteiger partial charge is 0.496 e. The molecule has 2 aliphatic heterocycles. The molecule has 0 amide bonds. The van der Waals surface area contributed by atoms with Crippen molar-refractivity contribution in [2.45, 2.75) is 45.6 Å². The third-order valence-electron chi connectivity index (χ3n) is 6.55. The van der Waals surface area contributed by atoms with Gasteiger partial charge < -0.3 is 20.3 Å². The Morgan fingerprint density at radius 1 is 1.13 bits per heavy atom. The Morgan fingerprint density at radius 3 is 2.61 bits per heavy atom. The monoisotopic (exact) mass is 429 g/mol. The van der Waals surface area contributed by atoms with Crippen molar-refractivity contribution in [3.63, 3.8) is 0 Å². The van der Waals surface area contributed by atoms with Crippen molar-refractivity contribution in [1.29, 1.82) is 0 Å². The average molecular weight is 430 g/mol. The highest BCUT2D eigenvalue weighted by Gasteiger charge is 2.26. The van der Waals surface area contributed by atoms with Gasteiger partial charge in [-0.15, -0.1) is 0 Å². The molecule has 1 aromatic carbocycles. The molecule has 2 aliphatic rings. The van der Waals surface area contributed by atoms with Crippen LogP contribution < -0.4 is 15.4 Å². The lowest BCUT2D eigenvalue weighted by atomic mass is 9.97. The maximum absolute atomic E-state index is 5.68. The first kappa shape index (κ1) is 23.9. The van der Waals surface area contributed by atoms with Gasteiger partial charge in [-0.1, -0.05) is 32.0 Å². The molecule has 0 aliphatic carbocycles. The fraction of sp³-hybridized carbons (Fsp3) is 0.720. The number of hydrogen-bond donors (Lipinski definition) is 2. The molecule has 1 aromatic rings. The van der Waals surface area contributed by atoms with Crippen LogP contribution in [0, 0.1) is 11.8 Å². The van der Waals surface area contributed by atoms with E-state index >= 15 is 0 Å². The summed E-state index contributed by atoms with van der Waals surface area (Å²) < 4.78 is 5.68. The molecule has 6 heteroatoms. The summed E-state index contributed by atoms with van der Waals surface area (Å²) in [5.41, 5.74) is 1.26. The van der Waals surface area contributed by atoms with Crippen LogP contribution in [0.15, 0.2) is 29.3 Å². The fourth-order valence-electron chi connectivity index (χ4n) is 5.09. The van der Waals surface area contributed by atoms with E-state index in [1.165, 1.54) is 50.9 Å². The molecule has 2 N–H and O–H groups in total. The van der Waals surface area contributed by atoms with Crippen LogP contribution in [-0.2, 0) is 0 Å².